The van der Waals surface area contributed by atoms with Crippen molar-refractivity contribution in [2.24, 2.45) is 0 Å². The summed E-state index contributed by atoms with van der Waals surface area (Å²) in [5.41, 5.74) is 4.44. The van der Waals surface area contributed by atoms with Crippen LogP contribution in [0.15, 0.2) is 97.3 Å². The van der Waals surface area contributed by atoms with E-state index in [1.165, 1.54) is 0 Å². The molecule has 2 heterocycles. The fraction of sp³-hybridized carbons (Fsp3) is 0.0400. The molecule has 2 aromatic heterocycles. The Morgan fingerprint density at radius 1 is 0.812 bits per heavy atom. The highest BCUT2D eigenvalue weighted by molar-refractivity contribution is 5.85. The minimum atomic E-state index is 0.273. The molecule has 0 amide bonds. The van der Waals surface area contributed by atoms with Gasteiger partial charge in [-0.05, 0) is 36.4 Å². The highest BCUT2D eigenvalue weighted by atomic mass is 16.5. The predicted octanol–water partition coefficient (Wildman–Crippen LogP) is 4.51. The normalized spacial score (nSPS) is 10.8. The lowest BCUT2D eigenvalue weighted by Gasteiger charge is -2.06. The van der Waals surface area contributed by atoms with Crippen LogP contribution >= 0.6 is 0 Å². The Bertz CT molecular complexity index is 1340. The van der Waals surface area contributed by atoms with Crippen molar-refractivity contribution >= 4 is 6.29 Å². The summed E-state index contributed by atoms with van der Waals surface area (Å²) in [5, 5.41) is 13.0. The molecule has 0 atom stereocenters. The van der Waals surface area contributed by atoms with Gasteiger partial charge in [0.1, 0.15) is 23.7 Å². The van der Waals surface area contributed by atoms with Crippen LogP contribution in [-0.4, -0.2) is 31.1 Å². The number of hydrogen-bond donors (Lipinski definition) is 0. The Balaban J connectivity index is 1.35. The van der Waals surface area contributed by atoms with E-state index in [1.807, 2.05) is 91.1 Å². The van der Waals surface area contributed by atoms with Crippen LogP contribution in [0, 0.1) is 0 Å². The molecule has 5 aromatic rings. The average molecular weight is 421 g/mol. The van der Waals surface area contributed by atoms with Crippen molar-refractivity contribution in [2.75, 3.05) is 0 Å². The molecule has 0 aliphatic rings. The Morgan fingerprint density at radius 2 is 1.53 bits per heavy atom. The molecule has 7 nitrogen and oxygen atoms in total. The SMILES string of the molecule is O=Cc1cn(-c2ccccc2)nc1-c1cccc(OCc2cn(-c3ccccc3)nn2)c1. The fourth-order valence-corrected chi connectivity index (χ4v) is 3.37. The number of ether oxygens (including phenoxy) is 1. The van der Waals surface area contributed by atoms with Gasteiger partial charge >= 0.3 is 0 Å². The number of carbonyl (C=O) groups excluding carboxylic acids is 1. The van der Waals surface area contributed by atoms with Gasteiger partial charge in [-0.25, -0.2) is 9.36 Å². The zero-order chi connectivity index (χ0) is 21.8. The Labute approximate surface area is 184 Å². The molecule has 0 aliphatic carbocycles. The van der Waals surface area contributed by atoms with Gasteiger partial charge in [0.25, 0.3) is 0 Å². The van der Waals surface area contributed by atoms with Gasteiger partial charge in [-0.2, -0.15) is 5.10 Å². The second-order valence-electron chi connectivity index (χ2n) is 7.14. The first-order valence-corrected chi connectivity index (χ1v) is 10.1. The van der Waals surface area contributed by atoms with E-state index in [-0.39, 0.29) is 6.61 Å². The van der Waals surface area contributed by atoms with E-state index in [0.29, 0.717) is 22.7 Å². The first-order valence-electron chi connectivity index (χ1n) is 10.1. The van der Waals surface area contributed by atoms with Crippen molar-refractivity contribution in [2.45, 2.75) is 6.61 Å². The maximum absolute atomic E-state index is 11.7. The molecule has 0 saturated heterocycles. The van der Waals surface area contributed by atoms with E-state index < -0.39 is 0 Å². The maximum Gasteiger partial charge on any atom is 0.153 e. The summed E-state index contributed by atoms with van der Waals surface area (Å²) in [4.78, 5) is 11.7. The molecule has 3 aromatic carbocycles. The van der Waals surface area contributed by atoms with Gasteiger partial charge in [0, 0.05) is 11.8 Å². The van der Waals surface area contributed by atoms with Gasteiger partial charge in [-0.15, -0.1) is 5.10 Å². The predicted molar refractivity (Wildman–Crippen MR) is 120 cm³/mol. The largest absolute Gasteiger partial charge is 0.487 e. The Kier molecular flexibility index (Phi) is 5.28. The summed E-state index contributed by atoms with van der Waals surface area (Å²) in [6, 6.07) is 27.0. The lowest BCUT2D eigenvalue weighted by atomic mass is 10.1. The first kappa shape index (κ1) is 19.4. The van der Waals surface area contributed by atoms with Crippen molar-refractivity contribution < 1.29 is 9.53 Å². The number of hydrogen-bond acceptors (Lipinski definition) is 5. The van der Waals surface area contributed by atoms with Gasteiger partial charge in [-0.1, -0.05) is 53.7 Å². The van der Waals surface area contributed by atoms with Crippen LogP contribution in [0.3, 0.4) is 0 Å². The molecule has 5 rings (SSSR count). The van der Waals surface area contributed by atoms with E-state index in [0.717, 1.165) is 23.2 Å². The molecule has 0 spiro atoms. The molecule has 32 heavy (non-hydrogen) atoms. The minimum absolute atomic E-state index is 0.273. The molecule has 0 bridgehead atoms. The van der Waals surface area contributed by atoms with Crippen molar-refractivity contribution in [1.29, 1.82) is 0 Å². The second-order valence-corrected chi connectivity index (χ2v) is 7.14. The van der Waals surface area contributed by atoms with Crippen LogP contribution in [0.25, 0.3) is 22.6 Å². The summed E-state index contributed by atoms with van der Waals surface area (Å²) >= 11 is 0. The molecule has 0 aliphatic heterocycles. The molecule has 0 N–H and O–H groups in total. The maximum atomic E-state index is 11.7. The number of nitrogens with zero attached hydrogens (tertiary/aromatic N) is 5. The van der Waals surface area contributed by atoms with Gasteiger partial charge < -0.3 is 4.74 Å². The third-order valence-electron chi connectivity index (χ3n) is 4.95. The van der Waals surface area contributed by atoms with E-state index in [1.54, 1.807) is 15.6 Å². The molecule has 7 heteroatoms. The van der Waals surface area contributed by atoms with E-state index in [9.17, 15) is 4.79 Å². The number of carbonyl (C=O) groups is 1. The number of aldehydes is 1. The van der Waals surface area contributed by atoms with Crippen LogP contribution in [0.1, 0.15) is 16.1 Å². The second kappa shape index (κ2) is 8.69. The molecule has 0 saturated carbocycles. The van der Waals surface area contributed by atoms with Crippen LogP contribution < -0.4 is 4.74 Å². The summed E-state index contributed by atoms with van der Waals surface area (Å²) in [6.45, 7) is 0.273. The van der Waals surface area contributed by atoms with Crippen molar-refractivity contribution in [1.82, 2.24) is 24.8 Å². The summed E-state index contributed by atoms with van der Waals surface area (Å²) in [5.74, 6) is 0.655. The summed E-state index contributed by atoms with van der Waals surface area (Å²) < 4.78 is 9.34. The van der Waals surface area contributed by atoms with E-state index in [2.05, 4.69) is 15.4 Å². The molecule has 0 fully saturated rings. The lowest BCUT2D eigenvalue weighted by Crippen LogP contribution is -1.97. The first-order chi connectivity index (χ1) is 15.8. The summed E-state index contributed by atoms with van der Waals surface area (Å²) in [6.07, 6.45) is 4.38. The monoisotopic (exact) mass is 421 g/mol. The van der Waals surface area contributed by atoms with Gasteiger partial charge in [-0.3, -0.25) is 4.79 Å². The Morgan fingerprint density at radius 3 is 2.25 bits per heavy atom. The third-order valence-corrected chi connectivity index (χ3v) is 4.95. The highest BCUT2D eigenvalue weighted by Crippen LogP contribution is 2.26. The molecule has 0 unspecified atom stereocenters. The fourth-order valence-electron chi connectivity index (χ4n) is 3.37. The number of aromatic nitrogens is 5. The zero-order valence-corrected chi connectivity index (χ0v) is 17.1. The van der Waals surface area contributed by atoms with Crippen molar-refractivity contribution in [3.8, 4) is 28.4 Å². The standard InChI is InChI=1S/C25H19N5O2/c31-17-20-15-29(22-9-3-1-4-10-22)27-25(20)19-8-7-13-24(14-19)32-18-21-16-30(28-26-21)23-11-5-2-6-12-23/h1-17H,18H2. The van der Waals surface area contributed by atoms with Gasteiger partial charge in [0.15, 0.2) is 6.29 Å². The van der Waals surface area contributed by atoms with Crippen LogP contribution in [-0.2, 0) is 6.61 Å². The Hall–Kier alpha value is -4.52. The number of benzene rings is 3. The highest BCUT2D eigenvalue weighted by Gasteiger charge is 2.13. The van der Waals surface area contributed by atoms with E-state index in [4.69, 9.17) is 4.74 Å². The smallest absolute Gasteiger partial charge is 0.153 e. The molecule has 0 radical (unpaired) electrons. The molecular formula is C25H19N5O2. The van der Waals surface area contributed by atoms with Crippen molar-refractivity contribution in [3.63, 3.8) is 0 Å². The van der Waals surface area contributed by atoms with Crippen LogP contribution in [0.2, 0.25) is 0 Å². The zero-order valence-electron chi connectivity index (χ0n) is 17.1. The van der Waals surface area contributed by atoms with E-state index >= 15 is 0 Å². The number of rotatable bonds is 7. The topological polar surface area (TPSA) is 74.8 Å². The van der Waals surface area contributed by atoms with Crippen LogP contribution in [0.5, 0.6) is 5.75 Å². The third kappa shape index (κ3) is 4.04. The minimum Gasteiger partial charge on any atom is -0.487 e. The lowest BCUT2D eigenvalue weighted by molar-refractivity contribution is 0.112. The van der Waals surface area contributed by atoms with Crippen LogP contribution in [0.4, 0.5) is 0 Å². The van der Waals surface area contributed by atoms with Gasteiger partial charge in [0.05, 0.1) is 23.1 Å². The van der Waals surface area contributed by atoms with Gasteiger partial charge in [0.2, 0.25) is 0 Å². The summed E-state index contributed by atoms with van der Waals surface area (Å²) in [7, 11) is 0. The molecular weight excluding hydrogens is 402 g/mol. The number of para-hydroxylation sites is 2. The molecule has 156 valence electrons. The quantitative estimate of drug-likeness (QED) is 0.362. The average Bonchev–Trinajstić information content (AvgIpc) is 3.52. The van der Waals surface area contributed by atoms with Crippen molar-refractivity contribution in [3.05, 3.63) is 109 Å².